The van der Waals surface area contributed by atoms with Crippen molar-refractivity contribution in [1.82, 2.24) is 9.78 Å². The van der Waals surface area contributed by atoms with Crippen LogP contribution in [0.3, 0.4) is 0 Å². The summed E-state index contributed by atoms with van der Waals surface area (Å²) in [7, 11) is 1.89. The minimum absolute atomic E-state index is 0.253. The standard InChI is InChI=1S/C14H13N3O/c1-17-13-8-10(15)4-7-12(13)14(16-17)9-2-5-11(18)6-3-9/h2-8,18H,15H2,1H3. The molecule has 0 fully saturated rings. The zero-order valence-electron chi connectivity index (χ0n) is 9.96. The first-order valence-corrected chi connectivity index (χ1v) is 5.67. The summed E-state index contributed by atoms with van der Waals surface area (Å²) in [6.45, 7) is 0. The Kier molecular flexibility index (Phi) is 2.23. The van der Waals surface area contributed by atoms with Gasteiger partial charge in [0.2, 0.25) is 0 Å². The molecule has 18 heavy (non-hydrogen) atoms. The second-order valence-electron chi connectivity index (χ2n) is 4.30. The molecule has 0 saturated heterocycles. The van der Waals surface area contributed by atoms with Gasteiger partial charge in [-0.25, -0.2) is 0 Å². The Hall–Kier alpha value is -2.49. The van der Waals surface area contributed by atoms with Gasteiger partial charge in [-0.3, -0.25) is 4.68 Å². The van der Waals surface area contributed by atoms with Gasteiger partial charge in [0.25, 0.3) is 0 Å². The smallest absolute Gasteiger partial charge is 0.115 e. The van der Waals surface area contributed by atoms with Crippen molar-refractivity contribution in [3.05, 3.63) is 42.5 Å². The van der Waals surface area contributed by atoms with Crippen molar-refractivity contribution in [2.45, 2.75) is 0 Å². The number of fused-ring (bicyclic) bond motifs is 1. The van der Waals surface area contributed by atoms with Crippen molar-refractivity contribution in [3.8, 4) is 17.0 Å². The molecule has 3 rings (SSSR count). The van der Waals surface area contributed by atoms with E-state index in [1.165, 1.54) is 0 Å². The van der Waals surface area contributed by atoms with Crippen LogP contribution >= 0.6 is 0 Å². The number of aromatic hydroxyl groups is 1. The Labute approximate surface area is 104 Å². The molecule has 0 aliphatic carbocycles. The fourth-order valence-electron chi connectivity index (χ4n) is 2.11. The third-order valence-electron chi connectivity index (χ3n) is 3.02. The first-order valence-electron chi connectivity index (χ1n) is 5.67. The molecule has 0 atom stereocenters. The lowest BCUT2D eigenvalue weighted by Crippen LogP contribution is -1.90. The molecule has 0 aliphatic heterocycles. The van der Waals surface area contributed by atoms with E-state index in [9.17, 15) is 5.11 Å². The van der Waals surface area contributed by atoms with Crippen molar-refractivity contribution in [2.24, 2.45) is 7.05 Å². The molecule has 1 aromatic heterocycles. The van der Waals surface area contributed by atoms with Gasteiger partial charge >= 0.3 is 0 Å². The first-order chi connectivity index (χ1) is 8.65. The van der Waals surface area contributed by atoms with E-state index in [2.05, 4.69) is 5.10 Å². The van der Waals surface area contributed by atoms with Gasteiger partial charge in [-0.2, -0.15) is 5.10 Å². The monoisotopic (exact) mass is 239 g/mol. The average molecular weight is 239 g/mol. The lowest BCUT2D eigenvalue weighted by atomic mass is 10.1. The number of aryl methyl sites for hydroxylation is 1. The summed E-state index contributed by atoms with van der Waals surface area (Å²) in [5.74, 6) is 0.253. The van der Waals surface area contributed by atoms with Crippen LogP contribution in [0, 0.1) is 0 Å². The first kappa shape index (κ1) is 10.7. The zero-order chi connectivity index (χ0) is 12.7. The molecule has 0 bridgehead atoms. The summed E-state index contributed by atoms with van der Waals surface area (Å²) in [5, 5.41) is 14.9. The van der Waals surface area contributed by atoms with E-state index in [-0.39, 0.29) is 5.75 Å². The van der Waals surface area contributed by atoms with E-state index >= 15 is 0 Å². The second-order valence-corrected chi connectivity index (χ2v) is 4.30. The topological polar surface area (TPSA) is 64.1 Å². The van der Waals surface area contributed by atoms with Crippen LogP contribution in [0.1, 0.15) is 0 Å². The van der Waals surface area contributed by atoms with E-state index in [4.69, 9.17) is 5.73 Å². The van der Waals surface area contributed by atoms with Crippen LogP contribution in [0.4, 0.5) is 5.69 Å². The molecule has 3 aromatic rings. The van der Waals surface area contributed by atoms with Crippen LogP contribution in [0.2, 0.25) is 0 Å². The predicted octanol–water partition coefficient (Wildman–Crippen LogP) is 2.53. The zero-order valence-corrected chi connectivity index (χ0v) is 9.96. The van der Waals surface area contributed by atoms with Gasteiger partial charge in [-0.15, -0.1) is 0 Å². The Morgan fingerprint density at radius 3 is 2.56 bits per heavy atom. The number of rotatable bonds is 1. The van der Waals surface area contributed by atoms with Gasteiger partial charge in [-0.05, 0) is 42.5 Å². The summed E-state index contributed by atoms with van der Waals surface area (Å²) in [4.78, 5) is 0. The number of anilines is 1. The predicted molar refractivity (Wildman–Crippen MR) is 72.2 cm³/mol. The van der Waals surface area contributed by atoms with Gasteiger partial charge in [0.1, 0.15) is 11.4 Å². The van der Waals surface area contributed by atoms with Gasteiger partial charge < -0.3 is 10.8 Å². The maximum Gasteiger partial charge on any atom is 0.115 e. The summed E-state index contributed by atoms with van der Waals surface area (Å²) in [6.07, 6.45) is 0. The highest BCUT2D eigenvalue weighted by atomic mass is 16.3. The molecule has 0 saturated carbocycles. The molecular formula is C14H13N3O. The van der Waals surface area contributed by atoms with E-state index < -0.39 is 0 Å². The van der Waals surface area contributed by atoms with Crippen molar-refractivity contribution in [1.29, 1.82) is 0 Å². The van der Waals surface area contributed by atoms with E-state index in [0.29, 0.717) is 0 Å². The van der Waals surface area contributed by atoms with Crippen LogP contribution in [0.25, 0.3) is 22.2 Å². The summed E-state index contributed by atoms with van der Waals surface area (Å²) >= 11 is 0. The molecule has 1 heterocycles. The fraction of sp³-hybridized carbons (Fsp3) is 0.0714. The summed E-state index contributed by atoms with van der Waals surface area (Å²) in [5.41, 5.74) is 9.38. The highest BCUT2D eigenvalue weighted by molar-refractivity contribution is 5.94. The Morgan fingerprint density at radius 2 is 1.83 bits per heavy atom. The number of nitrogens with two attached hydrogens (primary N) is 1. The van der Waals surface area contributed by atoms with Gasteiger partial charge in [0, 0.05) is 23.7 Å². The van der Waals surface area contributed by atoms with Crippen LogP contribution in [0.15, 0.2) is 42.5 Å². The largest absolute Gasteiger partial charge is 0.508 e. The Bertz CT molecular complexity index is 714. The number of phenols is 1. The van der Waals surface area contributed by atoms with Crippen LogP contribution in [-0.2, 0) is 7.05 Å². The highest BCUT2D eigenvalue weighted by Crippen LogP contribution is 2.29. The lowest BCUT2D eigenvalue weighted by Gasteiger charge is -1.98. The number of phenolic OH excluding ortho intramolecular Hbond substituents is 1. The molecule has 0 spiro atoms. The number of hydrogen-bond acceptors (Lipinski definition) is 3. The molecular weight excluding hydrogens is 226 g/mol. The van der Waals surface area contributed by atoms with Crippen molar-refractivity contribution < 1.29 is 5.11 Å². The average Bonchev–Trinajstić information content (AvgIpc) is 2.68. The van der Waals surface area contributed by atoms with Crippen molar-refractivity contribution in [2.75, 3.05) is 5.73 Å². The van der Waals surface area contributed by atoms with Gasteiger partial charge in [0.05, 0.1) is 5.52 Å². The summed E-state index contributed by atoms with van der Waals surface area (Å²) in [6, 6.07) is 12.8. The normalized spacial score (nSPS) is 10.9. The van der Waals surface area contributed by atoms with Crippen molar-refractivity contribution in [3.63, 3.8) is 0 Å². The SMILES string of the molecule is Cn1nc(-c2ccc(O)cc2)c2ccc(N)cc21. The fourth-order valence-corrected chi connectivity index (χ4v) is 2.11. The summed E-state index contributed by atoms with van der Waals surface area (Å²) < 4.78 is 1.81. The lowest BCUT2D eigenvalue weighted by molar-refractivity contribution is 0.475. The van der Waals surface area contributed by atoms with E-state index in [1.807, 2.05) is 42.1 Å². The van der Waals surface area contributed by atoms with Crippen molar-refractivity contribution >= 4 is 16.6 Å². The van der Waals surface area contributed by atoms with Crippen LogP contribution in [-0.4, -0.2) is 14.9 Å². The van der Waals surface area contributed by atoms with Gasteiger partial charge in [0.15, 0.2) is 0 Å². The molecule has 0 aliphatic rings. The molecule has 2 aromatic carbocycles. The maximum absolute atomic E-state index is 9.32. The number of hydrogen-bond donors (Lipinski definition) is 2. The molecule has 0 radical (unpaired) electrons. The number of aromatic nitrogens is 2. The van der Waals surface area contributed by atoms with Crippen LogP contribution in [0.5, 0.6) is 5.75 Å². The Balaban J connectivity index is 2.26. The van der Waals surface area contributed by atoms with E-state index in [0.717, 1.165) is 27.8 Å². The Morgan fingerprint density at radius 1 is 1.11 bits per heavy atom. The third kappa shape index (κ3) is 1.59. The second kappa shape index (κ2) is 3.77. The molecule has 3 N–H and O–H groups in total. The quantitative estimate of drug-likeness (QED) is 0.641. The minimum atomic E-state index is 0.253. The van der Waals surface area contributed by atoms with Crippen LogP contribution < -0.4 is 5.73 Å². The minimum Gasteiger partial charge on any atom is -0.508 e. The maximum atomic E-state index is 9.32. The molecule has 90 valence electrons. The number of nitrogens with zero attached hydrogens (tertiary/aromatic N) is 2. The van der Waals surface area contributed by atoms with E-state index in [1.54, 1.807) is 12.1 Å². The molecule has 4 nitrogen and oxygen atoms in total. The number of benzene rings is 2. The molecule has 4 heteroatoms. The number of nitrogen functional groups attached to an aromatic ring is 1. The molecule has 0 unspecified atom stereocenters. The highest BCUT2D eigenvalue weighted by Gasteiger charge is 2.10. The third-order valence-corrected chi connectivity index (χ3v) is 3.02. The molecule has 0 amide bonds. The van der Waals surface area contributed by atoms with Gasteiger partial charge in [-0.1, -0.05) is 0 Å².